The smallest absolute Gasteiger partial charge is 0.278 e. The zero-order valence-electron chi connectivity index (χ0n) is 18.7. The molecule has 0 aliphatic rings. The first-order chi connectivity index (χ1) is 16.1. The second-order valence-corrected chi connectivity index (χ2v) is 8.36. The van der Waals surface area contributed by atoms with Gasteiger partial charge in [0.15, 0.2) is 17.2 Å². The lowest BCUT2D eigenvalue weighted by molar-refractivity contribution is 0.102. The van der Waals surface area contributed by atoms with Gasteiger partial charge in [0.25, 0.3) is 5.91 Å². The summed E-state index contributed by atoms with van der Waals surface area (Å²) in [6.07, 6.45) is 4.79. The molecule has 8 nitrogen and oxygen atoms in total. The maximum atomic E-state index is 13.2. The highest BCUT2D eigenvalue weighted by Crippen LogP contribution is 2.34. The van der Waals surface area contributed by atoms with Crippen molar-refractivity contribution in [2.24, 2.45) is 0 Å². The van der Waals surface area contributed by atoms with Crippen LogP contribution in [0.1, 0.15) is 35.3 Å². The van der Waals surface area contributed by atoms with Crippen molar-refractivity contribution in [3.63, 3.8) is 0 Å². The Labute approximate surface area is 196 Å². The van der Waals surface area contributed by atoms with Gasteiger partial charge in [0, 0.05) is 18.2 Å². The number of unbranched alkanes of at least 4 members (excludes halogenated alkanes) is 1. The van der Waals surface area contributed by atoms with E-state index in [4.69, 9.17) is 9.47 Å². The molecule has 1 N–H and O–H groups in total. The average Bonchev–Trinajstić information content (AvgIpc) is 3.50. The monoisotopic (exact) mass is 463 g/mol. The number of benzene rings is 2. The van der Waals surface area contributed by atoms with Crippen molar-refractivity contribution in [1.82, 2.24) is 20.0 Å². The van der Waals surface area contributed by atoms with Gasteiger partial charge in [-0.25, -0.2) is 4.68 Å². The first kappa shape index (κ1) is 22.5. The van der Waals surface area contributed by atoms with Crippen LogP contribution in [0.4, 0.5) is 5.13 Å². The molecule has 0 spiro atoms. The molecule has 0 aliphatic carbocycles. The second-order valence-electron chi connectivity index (χ2n) is 7.30. The van der Waals surface area contributed by atoms with E-state index in [1.54, 1.807) is 25.0 Å². The third-order valence-corrected chi connectivity index (χ3v) is 5.97. The number of aromatic nitrogens is 4. The average molecular weight is 464 g/mol. The van der Waals surface area contributed by atoms with Crippen molar-refractivity contribution in [3.8, 4) is 28.3 Å². The third kappa shape index (κ3) is 5.04. The van der Waals surface area contributed by atoms with Crippen molar-refractivity contribution < 1.29 is 14.3 Å². The number of para-hydroxylation sites is 1. The van der Waals surface area contributed by atoms with Gasteiger partial charge >= 0.3 is 0 Å². The number of amides is 1. The summed E-state index contributed by atoms with van der Waals surface area (Å²) in [5.74, 6) is 0.822. The number of carbonyl (C=O) groups is 1. The molecule has 4 rings (SSSR count). The van der Waals surface area contributed by atoms with Crippen LogP contribution in [0.2, 0.25) is 0 Å². The molecule has 0 radical (unpaired) electrons. The van der Waals surface area contributed by atoms with E-state index in [1.165, 1.54) is 11.3 Å². The number of rotatable bonds is 9. The topological polar surface area (TPSA) is 91.2 Å². The van der Waals surface area contributed by atoms with E-state index in [0.29, 0.717) is 22.2 Å². The van der Waals surface area contributed by atoms with Crippen LogP contribution < -0.4 is 14.8 Å². The van der Waals surface area contributed by atoms with E-state index in [2.05, 4.69) is 27.5 Å². The van der Waals surface area contributed by atoms with Gasteiger partial charge in [-0.15, -0.1) is 10.2 Å². The zero-order valence-corrected chi connectivity index (χ0v) is 19.6. The van der Waals surface area contributed by atoms with Crippen LogP contribution in [0.25, 0.3) is 16.8 Å². The summed E-state index contributed by atoms with van der Waals surface area (Å²) in [6, 6.07) is 15.1. The quantitative estimate of drug-likeness (QED) is 0.375. The predicted octanol–water partition coefficient (Wildman–Crippen LogP) is 5.00. The molecular weight excluding hydrogens is 438 g/mol. The van der Waals surface area contributed by atoms with Gasteiger partial charge in [0.05, 0.1) is 19.9 Å². The Morgan fingerprint density at radius 2 is 1.85 bits per heavy atom. The minimum atomic E-state index is -0.354. The highest BCUT2D eigenvalue weighted by Gasteiger charge is 2.21. The lowest BCUT2D eigenvalue weighted by atomic mass is 10.1. The molecule has 0 fully saturated rings. The Morgan fingerprint density at radius 1 is 1.06 bits per heavy atom. The molecular formula is C24H25N5O3S. The number of hydrogen-bond donors (Lipinski definition) is 1. The maximum Gasteiger partial charge on any atom is 0.278 e. The Hall–Kier alpha value is -3.72. The Kier molecular flexibility index (Phi) is 6.99. The summed E-state index contributed by atoms with van der Waals surface area (Å²) in [4.78, 5) is 13.2. The number of methoxy groups -OCH3 is 2. The Balaban J connectivity index is 1.71. The fourth-order valence-electron chi connectivity index (χ4n) is 3.36. The van der Waals surface area contributed by atoms with Gasteiger partial charge in [0.2, 0.25) is 5.13 Å². The number of hydrogen-bond acceptors (Lipinski definition) is 7. The van der Waals surface area contributed by atoms with Gasteiger partial charge < -0.3 is 9.47 Å². The number of nitrogens with zero attached hydrogens (tertiary/aromatic N) is 4. The van der Waals surface area contributed by atoms with E-state index in [1.807, 2.05) is 48.7 Å². The number of anilines is 1. The highest BCUT2D eigenvalue weighted by molar-refractivity contribution is 7.15. The van der Waals surface area contributed by atoms with Crippen LogP contribution in [0, 0.1) is 0 Å². The van der Waals surface area contributed by atoms with E-state index >= 15 is 0 Å². The number of nitrogens with one attached hydrogen (secondary N) is 1. The molecule has 0 saturated carbocycles. The van der Waals surface area contributed by atoms with Crippen LogP contribution in [0.5, 0.6) is 11.5 Å². The van der Waals surface area contributed by atoms with Crippen LogP contribution >= 0.6 is 11.3 Å². The van der Waals surface area contributed by atoms with Crippen LogP contribution in [0.3, 0.4) is 0 Å². The molecule has 0 atom stereocenters. The van der Waals surface area contributed by atoms with Crippen LogP contribution in [0.15, 0.2) is 54.7 Å². The van der Waals surface area contributed by atoms with Gasteiger partial charge in [-0.1, -0.05) is 48.9 Å². The molecule has 2 aromatic heterocycles. The Bertz CT molecular complexity index is 1240. The maximum absolute atomic E-state index is 13.2. The molecule has 0 saturated heterocycles. The molecule has 9 heteroatoms. The van der Waals surface area contributed by atoms with Crippen LogP contribution in [-0.2, 0) is 6.42 Å². The van der Waals surface area contributed by atoms with Gasteiger partial charge in [-0.05, 0) is 36.2 Å². The molecule has 0 aliphatic heterocycles. The molecule has 0 unspecified atom stereocenters. The molecule has 2 heterocycles. The minimum Gasteiger partial charge on any atom is -0.493 e. The van der Waals surface area contributed by atoms with Crippen molar-refractivity contribution >= 4 is 22.4 Å². The Morgan fingerprint density at radius 3 is 2.58 bits per heavy atom. The highest BCUT2D eigenvalue weighted by atomic mass is 32.1. The lowest BCUT2D eigenvalue weighted by Crippen LogP contribution is -2.14. The summed E-state index contributed by atoms with van der Waals surface area (Å²) in [6.45, 7) is 2.13. The third-order valence-electron chi connectivity index (χ3n) is 5.08. The first-order valence-corrected chi connectivity index (χ1v) is 11.5. The zero-order chi connectivity index (χ0) is 23.2. The normalized spacial score (nSPS) is 10.8. The van der Waals surface area contributed by atoms with E-state index in [9.17, 15) is 4.79 Å². The fourth-order valence-corrected chi connectivity index (χ4v) is 4.14. The van der Waals surface area contributed by atoms with Gasteiger partial charge in [-0.3, -0.25) is 10.1 Å². The first-order valence-electron chi connectivity index (χ1n) is 10.6. The fraction of sp³-hybridized carbons (Fsp3) is 0.250. The van der Waals surface area contributed by atoms with Crippen molar-refractivity contribution in [2.75, 3.05) is 19.5 Å². The number of carbonyl (C=O) groups excluding carboxylic acids is 1. The molecule has 1 amide bonds. The van der Waals surface area contributed by atoms with E-state index in [-0.39, 0.29) is 11.6 Å². The van der Waals surface area contributed by atoms with E-state index in [0.717, 1.165) is 35.5 Å². The summed E-state index contributed by atoms with van der Waals surface area (Å²) >= 11 is 1.39. The van der Waals surface area contributed by atoms with Crippen LogP contribution in [-0.4, -0.2) is 40.1 Å². The van der Waals surface area contributed by atoms with Gasteiger partial charge in [-0.2, -0.15) is 5.10 Å². The summed E-state index contributed by atoms with van der Waals surface area (Å²) in [5.41, 5.74) is 2.56. The van der Waals surface area contributed by atoms with Crippen molar-refractivity contribution in [2.45, 2.75) is 26.2 Å². The molecule has 2 aromatic carbocycles. The molecule has 170 valence electrons. The molecule has 33 heavy (non-hydrogen) atoms. The van der Waals surface area contributed by atoms with Gasteiger partial charge in [0.1, 0.15) is 5.01 Å². The van der Waals surface area contributed by atoms with Crippen molar-refractivity contribution in [3.05, 3.63) is 65.4 Å². The summed E-state index contributed by atoms with van der Waals surface area (Å²) in [5, 5.41) is 17.1. The standard InChI is InChI=1S/C24H25N5O3S/c1-4-5-11-21-26-27-24(33-21)25-23(30)22-18(15-29(28-22)17-9-7-6-8-10-17)16-12-13-19(31-2)20(14-16)32-3/h6-10,12-15H,4-5,11H2,1-3H3,(H,25,27,30). The number of ether oxygens (including phenoxy) is 2. The molecule has 0 bridgehead atoms. The van der Waals surface area contributed by atoms with E-state index < -0.39 is 0 Å². The minimum absolute atomic E-state index is 0.274. The lowest BCUT2D eigenvalue weighted by Gasteiger charge is -2.09. The largest absolute Gasteiger partial charge is 0.493 e. The summed E-state index contributed by atoms with van der Waals surface area (Å²) in [7, 11) is 3.16. The van der Waals surface area contributed by atoms with Crippen molar-refractivity contribution in [1.29, 1.82) is 0 Å². The SMILES string of the molecule is CCCCc1nnc(NC(=O)c2nn(-c3ccccc3)cc2-c2ccc(OC)c(OC)c2)s1. The predicted molar refractivity (Wildman–Crippen MR) is 129 cm³/mol. The molecule has 4 aromatic rings. The number of aryl methyl sites for hydroxylation is 1. The second kappa shape index (κ2) is 10.3. The summed E-state index contributed by atoms with van der Waals surface area (Å²) < 4.78 is 12.5.